The van der Waals surface area contributed by atoms with Gasteiger partial charge in [0, 0.05) is 39.5 Å². The van der Waals surface area contributed by atoms with Crippen LogP contribution in [0.25, 0.3) is 0 Å². The predicted octanol–water partition coefficient (Wildman–Crippen LogP) is 1.80. The summed E-state index contributed by atoms with van der Waals surface area (Å²) in [5.41, 5.74) is 2.08. The van der Waals surface area contributed by atoms with Crippen LogP contribution in [0.4, 0.5) is 5.69 Å². The van der Waals surface area contributed by atoms with E-state index in [0.717, 1.165) is 30.8 Å². The standard InChI is InChI=1S/C15H26N2O2/c1-12(16-10-5-11-19-4)15(18)13-6-8-14(9-7-13)17(2)3/h6-9,12,15-16,18H,5,10-11H2,1-4H3. The van der Waals surface area contributed by atoms with Crippen LogP contribution in [-0.4, -0.2) is 45.5 Å². The summed E-state index contributed by atoms with van der Waals surface area (Å²) >= 11 is 0. The molecule has 0 aromatic heterocycles. The maximum atomic E-state index is 10.3. The SMILES string of the molecule is COCCCNC(C)C(O)c1ccc(N(C)C)cc1. The summed E-state index contributed by atoms with van der Waals surface area (Å²) in [6.45, 7) is 3.59. The average molecular weight is 266 g/mol. The molecular weight excluding hydrogens is 240 g/mol. The fourth-order valence-corrected chi connectivity index (χ4v) is 1.92. The van der Waals surface area contributed by atoms with E-state index in [-0.39, 0.29) is 6.04 Å². The minimum atomic E-state index is -0.487. The van der Waals surface area contributed by atoms with Crippen LogP contribution in [0.15, 0.2) is 24.3 Å². The highest BCUT2D eigenvalue weighted by molar-refractivity contribution is 5.46. The summed E-state index contributed by atoms with van der Waals surface area (Å²) in [5.74, 6) is 0. The van der Waals surface area contributed by atoms with Crippen LogP contribution in [0.2, 0.25) is 0 Å². The lowest BCUT2D eigenvalue weighted by Gasteiger charge is -2.21. The van der Waals surface area contributed by atoms with E-state index >= 15 is 0 Å². The molecule has 0 spiro atoms. The number of nitrogens with one attached hydrogen (secondary N) is 1. The van der Waals surface area contributed by atoms with E-state index < -0.39 is 6.10 Å². The number of methoxy groups -OCH3 is 1. The van der Waals surface area contributed by atoms with Gasteiger partial charge in [-0.05, 0) is 37.6 Å². The third kappa shape index (κ3) is 5.19. The predicted molar refractivity (Wildman–Crippen MR) is 79.7 cm³/mol. The minimum absolute atomic E-state index is 0.0297. The number of nitrogens with zero attached hydrogens (tertiary/aromatic N) is 1. The molecule has 4 heteroatoms. The number of ether oxygens (including phenoxy) is 1. The van der Waals surface area contributed by atoms with Crippen molar-refractivity contribution in [3.8, 4) is 0 Å². The molecule has 0 saturated heterocycles. The quantitative estimate of drug-likeness (QED) is 0.704. The number of rotatable bonds is 8. The molecule has 2 N–H and O–H groups in total. The Morgan fingerprint density at radius 3 is 2.42 bits per heavy atom. The largest absolute Gasteiger partial charge is 0.387 e. The van der Waals surface area contributed by atoms with E-state index in [0.29, 0.717) is 0 Å². The first-order chi connectivity index (χ1) is 9.06. The monoisotopic (exact) mass is 266 g/mol. The third-order valence-electron chi connectivity index (χ3n) is 3.22. The average Bonchev–Trinajstić information content (AvgIpc) is 2.42. The highest BCUT2D eigenvalue weighted by Crippen LogP contribution is 2.20. The molecule has 0 aliphatic heterocycles. The molecule has 0 saturated carbocycles. The molecule has 1 aromatic carbocycles. The molecule has 0 bridgehead atoms. The highest BCUT2D eigenvalue weighted by atomic mass is 16.5. The van der Waals surface area contributed by atoms with E-state index in [1.165, 1.54) is 0 Å². The van der Waals surface area contributed by atoms with Crippen molar-refractivity contribution in [3.05, 3.63) is 29.8 Å². The van der Waals surface area contributed by atoms with Gasteiger partial charge in [-0.2, -0.15) is 0 Å². The molecule has 0 aliphatic rings. The zero-order chi connectivity index (χ0) is 14.3. The van der Waals surface area contributed by atoms with Gasteiger partial charge in [0.25, 0.3) is 0 Å². The summed E-state index contributed by atoms with van der Waals surface area (Å²) in [4.78, 5) is 2.04. The van der Waals surface area contributed by atoms with E-state index in [2.05, 4.69) is 5.32 Å². The molecule has 0 radical (unpaired) electrons. The fraction of sp³-hybridized carbons (Fsp3) is 0.600. The number of hydrogen-bond acceptors (Lipinski definition) is 4. The number of benzene rings is 1. The number of hydrogen-bond donors (Lipinski definition) is 2. The summed E-state index contributed by atoms with van der Waals surface area (Å²) in [6.07, 6.45) is 0.464. The molecule has 2 unspecified atom stereocenters. The summed E-state index contributed by atoms with van der Waals surface area (Å²) in [6, 6.07) is 8.04. The van der Waals surface area contributed by atoms with Crippen LogP contribution in [0.1, 0.15) is 25.0 Å². The molecule has 0 fully saturated rings. The number of aliphatic hydroxyl groups is 1. The maximum absolute atomic E-state index is 10.3. The van der Waals surface area contributed by atoms with Gasteiger partial charge in [0.2, 0.25) is 0 Å². The fourth-order valence-electron chi connectivity index (χ4n) is 1.92. The normalized spacial score (nSPS) is 14.2. The van der Waals surface area contributed by atoms with Crippen molar-refractivity contribution >= 4 is 5.69 Å². The van der Waals surface area contributed by atoms with Crippen LogP contribution in [0, 0.1) is 0 Å². The van der Waals surface area contributed by atoms with Crippen LogP contribution >= 0.6 is 0 Å². The first-order valence-electron chi connectivity index (χ1n) is 6.74. The van der Waals surface area contributed by atoms with E-state index in [1.807, 2.05) is 50.2 Å². The van der Waals surface area contributed by atoms with Crippen LogP contribution in [0.5, 0.6) is 0 Å². The second-order valence-corrected chi connectivity index (χ2v) is 5.02. The van der Waals surface area contributed by atoms with E-state index in [1.54, 1.807) is 7.11 Å². The van der Waals surface area contributed by atoms with Gasteiger partial charge < -0.3 is 20.1 Å². The Bertz CT molecular complexity index is 352. The zero-order valence-electron chi connectivity index (χ0n) is 12.4. The Morgan fingerprint density at radius 2 is 1.89 bits per heavy atom. The third-order valence-corrected chi connectivity index (χ3v) is 3.22. The van der Waals surface area contributed by atoms with Gasteiger partial charge in [0.15, 0.2) is 0 Å². The molecule has 19 heavy (non-hydrogen) atoms. The van der Waals surface area contributed by atoms with Crippen molar-refractivity contribution in [2.24, 2.45) is 0 Å². The summed E-state index contributed by atoms with van der Waals surface area (Å²) < 4.78 is 5.00. The minimum Gasteiger partial charge on any atom is -0.387 e. The zero-order valence-corrected chi connectivity index (χ0v) is 12.4. The molecule has 1 aromatic rings. The van der Waals surface area contributed by atoms with Crippen molar-refractivity contribution in [3.63, 3.8) is 0 Å². The van der Waals surface area contributed by atoms with Gasteiger partial charge in [-0.25, -0.2) is 0 Å². The molecule has 0 heterocycles. The molecule has 0 amide bonds. The van der Waals surface area contributed by atoms with Crippen LogP contribution in [-0.2, 0) is 4.74 Å². The molecule has 2 atom stereocenters. The Kier molecular flexibility index (Phi) is 6.84. The topological polar surface area (TPSA) is 44.7 Å². The maximum Gasteiger partial charge on any atom is 0.0940 e. The number of aliphatic hydroxyl groups excluding tert-OH is 1. The first-order valence-corrected chi connectivity index (χ1v) is 6.74. The van der Waals surface area contributed by atoms with Gasteiger partial charge in [-0.3, -0.25) is 0 Å². The van der Waals surface area contributed by atoms with Crippen molar-refractivity contribution in [1.29, 1.82) is 0 Å². The van der Waals surface area contributed by atoms with Crippen molar-refractivity contribution in [2.45, 2.75) is 25.5 Å². The second-order valence-electron chi connectivity index (χ2n) is 5.02. The summed E-state index contributed by atoms with van der Waals surface area (Å²) in [7, 11) is 5.71. The van der Waals surface area contributed by atoms with Gasteiger partial charge in [-0.15, -0.1) is 0 Å². The van der Waals surface area contributed by atoms with Crippen LogP contribution < -0.4 is 10.2 Å². The Hall–Kier alpha value is -1.10. The van der Waals surface area contributed by atoms with Crippen molar-refractivity contribution in [2.75, 3.05) is 39.3 Å². The lowest BCUT2D eigenvalue weighted by atomic mass is 10.0. The van der Waals surface area contributed by atoms with Crippen molar-refractivity contribution < 1.29 is 9.84 Å². The van der Waals surface area contributed by atoms with Gasteiger partial charge >= 0.3 is 0 Å². The Labute approximate surface area is 116 Å². The molecule has 1 rings (SSSR count). The highest BCUT2D eigenvalue weighted by Gasteiger charge is 2.15. The lowest BCUT2D eigenvalue weighted by molar-refractivity contribution is 0.132. The smallest absolute Gasteiger partial charge is 0.0940 e. The van der Waals surface area contributed by atoms with Gasteiger partial charge in [0.05, 0.1) is 6.10 Å². The molecule has 108 valence electrons. The van der Waals surface area contributed by atoms with E-state index in [9.17, 15) is 5.11 Å². The molecule has 4 nitrogen and oxygen atoms in total. The van der Waals surface area contributed by atoms with Gasteiger partial charge in [0.1, 0.15) is 0 Å². The Balaban J connectivity index is 2.49. The number of anilines is 1. The second kappa shape index (κ2) is 8.15. The summed E-state index contributed by atoms with van der Waals surface area (Å²) in [5, 5.41) is 13.6. The van der Waals surface area contributed by atoms with E-state index in [4.69, 9.17) is 4.74 Å². The molecule has 0 aliphatic carbocycles. The van der Waals surface area contributed by atoms with Crippen LogP contribution in [0.3, 0.4) is 0 Å². The Morgan fingerprint density at radius 1 is 1.26 bits per heavy atom. The molecular formula is C15H26N2O2. The first kappa shape index (κ1) is 16.0. The van der Waals surface area contributed by atoms with Gasteiger partial charge in [-0.1, -0.05) is 12.1 Å². The lowest BCUT2D eigenvalue weighted by Crippen LogP contribution is -2.33. The van der Waals surface area contributed by atoms with Crippen molar-refractivity contribution in [1.82, 2.24) is 5.32 Å².